The van der Waals surface area contributed by atoms with Crippen LogP contribution in [0.5, 0.6) is 5.75 Å². The number of halogens is 1. The van der Waals surface area contributed by atoms with Crippen molar-refractivity contribution in [3.63, 3.8) is 0 Å². The Labute approximate surface area is 112 Å². The largest absolute Gasteiger partial charge is 0.495 e. The summed E-state index contributed by atoms with van der Waals surface area (Å²) in [5, 5.41) is 3.34. The van der Waals surface area contributed by atoms with Crippen molar-refractivity contribution in [2.24, 2.45) is 0 Å². The molecule has 0 aliphatic heterocycles. The van der Waals surface area contributed by atoms with Gasteiger partial charge in [-0.25, -0.2) is 0 Å². The maximum atomic E-state index is 11.6. The molecule has 1 aromatic rings. The topological polar surface area (TPSA) is 47.6 Å². The minimum Gasteiger partial charge on any atom is -0.495 e. The van der Waals surface area contributed by atoms with E-state index < -0.39 is 0 Å². The van der Waals surface area contributed by atoms with E-state index in [1.54, 1.807) is 26.4 Å². The van der Waals surface area contributed by atoms with Crippen LogP contribution in [0.3, 0.4) is 0 Å². The van der Waals surface area contributed by atoms with Gasteiger partial charge in [-0.15, -0.1) is 0 Å². The highest BCUT2D eigenvalue weighted by atomic mass is 35.5. The van der Waals surface area contributed by atoms with Gasteiger partial charge in [0.2, 0.25) is 5.91 Å². The van der Waals surface area contributed by atoms with Crippen LogP contribution in [0.2, 0.25) is 5.02 Å². The van der Waals surface area contributed by atoms with Crippen LogP contribution in [0, 0.1) is 0 Å². The Hall–Kier alpha value is -1.26. The lowest BCUT2D eigenvalue weighted by atomic mass is 10.1. The van der Waals surface area contributed by atoms with Crippen LogP contribution in [0.1, 0.15) is 12.0 Å². The Morgan fingerprint density at radius 3 is 2.78 bits per heavy atom. The second-order valence-electron chi connectivity index (χ2n) is 3.84. The quantitative estimate of drug-likeness (QED) is 0.772. The number of hydrogen-bond donors (Lipinski definition) is 1. The first-order valence-electron chi connectivity index (χ1n) is 5.75. The summed E-state index contributed by atoms with van der Waals surface area (Å²) in [4.78, 5) is 11.6. The summed E-state index contributed by atoms with van der Waals surface area (Å²) in [6.45, 7) is 1.27. The van der Waals surface area contributed by atoms with E-state index in [-0.39, 0.29) is 5.91 Å². The van der Waals surface area contributed by atoms with E-state index in [0.29, 0.717) is 30.3 Å². The third-order valence-electron chi connectivity index (χ3n) is 2.43. The average Bonchev–Trinajstić information content (AvgIpc) is 2.35. The summed E-state index contributed by atoms with van der Waals surface area (Å²) in [6.07, 6.45) is 1.13. The molecular weight excluding hydrogens is 254 g/mol. The fraction of sp³-hybridized carbons (Fsp3) is 0.462. The molecule has 0 aliphatic carbocycles. The average molecular weight is 272 g/mol. The number of ether oxygens (including phenoxy) is 2. The molecule has 0 aliphatic rings. The van der Waals surface area contributed by atoms with Gasteiger partial charge in [0.25, 0.3) is 0 Å². The van der Waals surface area contributed by atoms with Crippen molar-refractivity contribution in [1.82, 2.24) is 5.32 Å². The normalized spacial score (nSPS) is 10.2. The van der Waals surface area contributed by atoms with E-state index in [0.717, 1.165) is 12.0 Å². The third kappa shape index (κ3) is 4.94. The summed E-state index contributed by atoms with van der Waals surface area (Å²) < 4.78 is 9.95. The minimum absolute atomic E-state index is 0.0210. The first kappa shape index (κ1) is 14.8. The van der Waals surface area contributed by atoms with Gasteiger partial charge in [0.05, 0.1) is 18.6 Å². The fourth-order valence-electron chi connectivity index (χ4n) is 1.51. The molecule has 0 bridgehead atoms. The second-order valence-corrected chi connectivity index (χ2v) is 4.25. The molecule has 18 heavy (non-hydrogen) atoms. The van der Waals surface area contributed by atoms with Gasteiger partial charge in [0.15, 0.2) is 0 Å². The van der Waals surface area contributed by atoms with E-state index in [1.807, 2.05) is 6.07 Å². The highest BCUT2D eigenvalue weighted by molar-refractivity contribution is 6.32. The molecular formula is C13H18ClNO3. The van der Waals surface area contributed by atoms with Crippen molar-refractivity contribution in [2.45, 2.75) is 12.8 Å². The molecule has 4 nitrogen and oxygen atoms in total. The van der Waals surface area contributed by atoms with Crippen LogP contribution in [0.15, 0.2) is 18.2 Å². The Kier molecular flexibility index (Phi) is 6.54. The van der Waals surface area contributed by atoms with Crippen molar-refractivity contribution in [3.8, 4) is 5.75 Å². The first-order chi connectivity index (χ1) is 8.67. The van der Waals surface area contributed by atoms with Crippen LogP contribution in [0.25, 0.3) is 0 Å². The number of benzene rings is 1. The van der Waals surface area contributed by atoms with Gasteiger partial charge in [-0.3, -0.25) is 4.79 Å². The molecule has 0 atom stereocenters. The zero-order chi connectivity index (χ0) is 13.4. The maximum absolute atomic E-state index is 11.6. The molecule has 0 fully saturated rings. The summed E-state index contributed by atoms with van der Waals surface area (Å²) in [5.74, 6) is 0.591. The summed E-state index contributed by atoms with van der Waals surface area (Å²) in [7, 11) is 3.20. The molecule has 0 saturated heterocycles. The van der Waals surface area contributed by atoms with Crippen LogP contribution in [0.4, 0.5) is 0 Å². The van der Waals surface area contributed by atoms with Crippen LogP contribution in [-0.4, -0.2) is 33.3 Å². The van der Waals surface area contributed by atoms with Gasteiger partial charge < -0.3 is 14.8 Å². The highest BCUT2D eigenvalue weighted by Crippen LogP contribution is 2.24. The Morgan fingerprint density at radius 1 is 1.39 bits per heavy atom. The fourth-order valence-corrected chi connectivity index (χ4v) is 1.79. The zero-order valence-electron chi connectivity index (χ0n) is 10.7. The monoisotopic (exact) mass is 271 g/mol. The Bertz CT molecular complexity index is 396. The zero-order valence-corrected chi connectivity index (χ0v) is 11.4. The lowest BCUT2D eigenvalue weighted by molar-refractivity contribution is -0.120. The van der Waals surface area contributed by atoms with Crippen molar-refractivity contribution in [3.05, 3.63) is 28.8 Å². The molecule has 100 valence electrons. The van der Waals surface area contributed by atoms with Gasteiger partial charge in [0.1, 0.15) is 5.75 Å². The van der Waals surface area contributed by atoms with Crippen LogP contribution < -0.4 is 10.1 Å². The van der Waals surface area contributed by atoms with Crippen LogP contribution in [-0.2, 0) is 16.0 Å². The smallest absolute Gasteiger partial charge is 0.224 e. The maximum Gasteiger partial charge on any atom is 0.224 e. The van der Waals surface area contributed by atoms with Gasteiger partial charge in [0, 0.05) is 20.3 Å². The minimum atomic E-state index is -0.0210. The van der Waals surface area contributed by atoms with Crippen molar-refractivity contribution in [1.29, 1.82) is 0 Å². The standard InChI is InChI=1S/C13H18ClNO3/c1-17-7-3-6-15-13(16)9-10-4-5-12(18-2)11(14)8-10/h4-5,8H,3,6-7,9H2,1-2H3,(H,15,16). The summed E-state index contributed by atoms with van der Waals surface area (Å²) >= 11 is 5.99. The number of carbonyl (C=O) groups is 1. The number of nitrogens with one attached hydrogen (secondary N) is 1. The molecule has 0 unspecified atom stereocenters. The molecule has 0 radical (unpaired) electrons. The molecule has 0 spiro atoms. The number of rotatable bonds is 7. The number of carbonyl (C=O) groups excluding carboxylic acids is 1. The van der Waals surface area contributed by atoms with Gasteiger partial charge in [-0.05, 0) is 24.1 Å². The predicted octanol–water partition coefficient (Wildman–Crippen LogP) is 2.04. The van der Waals surface area contributed by atoms with Gasteiger partial charge in [-0.1, -0.05) is 17.7 Å². The van der Waals surface area contributed by atoms with Crippen molar-refractivity contribution in [2.75, 3.05) is 27.4 Å². The molecule has 1 rings (SSSR count). The lowest BCUT2D eigenvalue weighted by Gasteiger charge is -2.07. The van der Waals surface area contributed by atoms with E-state index in [4.69, 9.17) is 21.1 Å². The SMILES string of the molecule is COCCCNC(=O)Cc1ccc(OC)c(Cl)c1. The second kappa shape index (κ2) is 7.95. The van der Waals surface area contributed by atoms with E-state index in [1.165, 1.54) is 0 Å². The molecule has 5 heteroatoms. The number of amides is 1. The number of methoxy groups -OCH3 is 2. The summed E-state index contributed by atoms with van der Waals surface area (Å²) in [5.41, 5.74) is 0.866. The Balaban J connectivity index is 2.42. The van der Waals surface area contributed by atoms with Crippen molar-refractivity contribution < 1.29 is 14.3 Å². The molecule has 1 N–H and O–H groups in total. The van der Waals surface area contributed by atoms with Gasteiger partial charge in [-0.2, -0.15) is 0 Å². The highest BCUT2D eigenvalue weighted by Gasteiger charge is 2.06. The molecule has 0 aromatic heterocycles. The molecule has 1 aromatic carbocycles. The third-order valence-corrected chi connectivity index (χ3v) is 2.72. The van der Waals surface area contributed by atoms with E-state index in [9.17, 15) is 4.79 Å². The van der Waals surface area contributed by atoms with Crippen molar-refractivity contribution >= 4 is 17.5 Å². The number of hydrogen-bond acceptors (Lipinski definition) is 3. The van der Waals surface area contributed by atoms with Crippen LogP contribution >= 0.6 is 11.6 Å². The Morgan fingerprint density at radius 2 is 2.17 bits per heavy atom. The predicted molar refractivity (Wildman–Crippen MR) is 71.2 cm³/mol. The van der Waals surface area contributed by atoms with E-state index in [2.05, 4.69) is 5.32 Å². The summed E-state index contributed by atoms with van der Waals surface area (Å²) in [6, 6.07) is 5.34. The molecule has 1 amide bonds. The first-order valence-corrected chi connectivity index (χ1v) is 6.13. The van der Waals surface area contributed by atoms with E-state index >= 15 is 0 Å². The molecule has 0 saturated carbocycles. The lowest BCUT2D eigenvalue weighted by Crippen LogP contribution is -2.26. The van der Waals surface area contributed by atoms with Gasteiger partial charge >= 0.3 is 0 Å². The molecule has 0 heterocycles.